The normalized spacial score (nSPS) is 52.4. The summed E-state index contributed by atoms with van der Waals surface area (Å²) in [6, 6.07) is 0. The summed E-state index contributed by atoms with van der Waals surface area (Å²) in [7, 11) is 0. The molecule has 0 radical (unpaired) electrons. The summed E-state index contributed by atoms with van der Waals surface area (Å²) in [5.74, 6) is 1.28. The van der Waals surface area contributed by atoms with Crippen molar-refractivity contribution in [2.24, 2.45) is 22.7 Å². The fourth-order valence-electron chi connectivity index (χ4n) is 5.92. The summed E-state index contributed by atoms with van der Waals surface area (Å²) < 4.78 is 0. The first-order valence-electron chi connectivity index (χ1n) is 8.71. The van der Waals surface area contributed by atoms with Gasteiger partial charge >= 0.3 is 0 Å². The SMILES string of the molecule is C[C@@]12CC[C@@H](O)CC1=CC[C@H]1C2=CC[C@@]2(C)[C@H](O)CC[C@H]12. The Bertz CT molecular complexity index is 520. The second kappa shape index (κ2) is 4.45. The van der Waals surface area contributed by atoms with Crippen LogP contribution < -0.4 is 0 Å². The van der Waals surface area contributed by atoms with Crippen molar-refractivity contribution in [1.29, 1.82) is 0 Å². The molecule has 0 aromatic rings. The minimum absolute atomic E-state index is 0.101. The molecule has 2 heteroatoms. The Labute approximate surface area is 127 Å². The van der Waals surface area contributed by atoms with Gasteiger partial charge in [-0.3, -0.25) is 0 Å². The monoisotopic (exact) mass is 288 g/mol. The molecule has 4 aliphatic rings. The summed E-state index contributed by atoms with van der Waals surface area (Å²) in [4.78, 5) is 0. The molecule has 0 aromatic carbocycles. The standard InChI is InChI=1S/C19H28O2/c1-18-9-7-13(20)11-12(18)3-4-14-15-5-6-17(21)19(15,2)10-8-16(14)18/h3,8,13-15,17,20-21H,4-7,9-11H2,1-2H3/t13-,14-,15-,17-,18-,19-/m1/s1. The predicted molar refractivity (Wildman–Crippen MR) is 83.7 cm³/mol. The molecule has 116 valence electrons. The molecule has 2 saturated carbocycles. The van der Waals surface area contributed by atoms with Gasteiger partial charge in [-0.25, -0.2) is 0 Å². The van der Waals surface area contributed by atoms with Crippen LogP contribution in [-0.2, 0) is 0 Å². The zero-order valence-corrected chi connectivity index (χ0v) is 13.3. The number of hydrogen-bond acceptors (Lipinski definition) is 2. The van der Waals surface area contributed by atoms with Gasteiger partial charge < -0.3 is 10.2 Å². The zero-order valence-electron chi connectivity index (χ0n) is 13.3. The fourth-order valence-corrected chi connectivity index (χ4v) is 5.92. The number of aliphatic hydroxyl groups is 2. The van der Waals surface area contributed by atoms with Crippen LogP contribution >= 0.6 is 0 Å². The Balaban J connectivity index is 1.74. The third kappa shape index (κ3) is 1.78. The molecule has 0 bridgehead atoms. The summed E-state index contributed by atoms with van der Waals surface area (Å²) in [6.07, 6.45) is 11.9. The van der Waals surface area contributed by atoms with E-state index in [9.17, 15) is 10.2 Å². The topological polar surface area (TPSA) is 40.5 Å². The van der Waals surface area contributed by atoms with Gasteiger partial charge in [-0.15, -0.1) is 0 Å². The molecule has 0 spiro atoms. The summed E-state index contributed by atoms with van der Waals surface area (Å²) >= 11 is 0. The highest BCUT2D eigenvalue weighted by Gasteiger charge is 2.55. The van der Waals surface area contributed by atoms with Crippen molar-refractivity contribution in [1.82, 2.24) is 0 Å². The van der Waals surface area contributed by atoms with E-state index in [0.717, 1.165) is 38.5 Å². The maximum atomic E-state index is 10.4. The first-order valence-corrected chi connectivity index (χ1v) is 8.71. The van der Waals surface area contributed by atoms with Gasteiger partial charge in [0.25, 0.3) is 0 Å². The van der Waals surface area contributed by atoms with E-state index in [1.54, 1.807) is 5.57 Å². The van der Waals surface area contributed by atoms with Crippen LogP contribution in [0, 0.1) is 22.7 Å². The lowest BCUT2D eigenvalue weighted by atomic mass is 9.52. The fraction of sp³-hybridized carbons (Fsp3) is 0.789. The lowest BCUT2D eigenvalue weighted by Gasteiger charge is -2.53. The molecule has 0 unspecified atom stereocenters. The van der Waals surface area contributed by atoms with Crippen LogP contribution in [0.4, 0.5) is 0 Å². The molecule has 2 nitrogen and oxygen atoms in total. The van der Waals surface area contributed by atoms with Crippen molar-refractivity contribution in [3.05, 3.63) is 23.3 Å². The average Bonchev–Trinajstić information content (AvgIpc) is 2.76. The van der Waals surface area contributed by atoms with Gasteiger partial charge in [0.2, 0.25) is 0 Å². The minimum Gasteiger partial charge on any atom is -0.393 e. The van der Waals surface area contributed by atoms with Crippen LogP contribution in [0.2, 0.25) is 0 Å². The Kier molecular flexibility index (Phi) is 2.97. The molecule has 0 aromatic heterocycles. The number of rotatable bonds is 0. The van der Waals surface area contributed by atoms with E-state index in [2.05, 4.69) is 26.0 Å². The van der Waals surface area contributed by atoms with Gasteiger partial charge in [-0.1, -0.05) is 37.1 Å². The summed E-state index contributed by atoms with van der Waals surface area (Å²) in [5.41, 5.74) is 3.41. The van der Waals surface area contributed by atoms with Crippen molar-refractivity contribution in [3.63, 3.8) is 0 Å². The molecule has 21 heavy (non-hydrogen) atoms. The molecule has 2 N–H and O–H groups in total. The van der Waals surface area contributed by atoms with E-state index in [4.69, 9.17) is 0 Å². The van der Waals surface area contributed by atoms with Crippen molar-refractivity contribution in [3.8, 4) is 0 Å². The molecular weight excluding hydrogens is 260 g/mol. The number of aliphatic hydroxyl groups excluding tert-OH is 2. The van der Waals surface area contributed by atoms with Crippen LogP contribution in [0.5, 0.6) is 0 Å². The Morgan fingerprint density at radius 3 is 2.71 bits per heavy atom. The molecule has 2 fully saturated rings. The maximum absolute atomic E-state index is 10.4. The predicted octanol–water partition coefficient (Wildman–Crippen LogP) is 3.59. The molecule has 4 rings (SSSR count). The summed E-state index contributed by atoms with van der Waals surface area (Å²) in [5, 5.41) is 20.4. The molecular formula is C19H28O2. The first-order chi connectivity index (χ1) is 9.95. The van der Waals surface area contributed by atoms with Crippen molar-refractivity contribution in [2.75, 3.05) is 0 Å². The lowest BCUT2D eigenvalue weighted by Crippen LogP contribution is -2.45. The molecule has 0 amide bonds. The highest BCUT2D eigenvalue weighted by molar-refractivity contribution is 5.39. The van der Waals surface area contributed by atoms with E-state index in [-0.39, 0.29) is 23.0 Å². The second-order valence-corrected chi connectivity index (χ2v) is 8.37. The largest absolute Gasteiger partial charge is 0.393 e. The van der Waals surface area contributed by atoms with Gasteiger partial charge in [0, 0.05) is 10.8 Å². The van der Waals surface area contributed by atoms with Crippen molar-refractivity contribution in [2.45, 2.75) is 71.0 Å². The molecule has 0 heterocycles. The van der Waals surface area contributed by atoms with E-state index in [1.165, 1.54) is 12.0 Å². The van der Waals surface area contributed by atoms with Crippen LogP contribution in [0.15, 0.2) is 23.3 Å². The first kappa shape index (κ1) is 14.0. The number of fused-ring (bicyclic) bond motifs is 5. The third-order valence-corrected chi connectivity index (χ3v) is 7.40. The second-order valence-electron chi connectivity index (χ2n) is 8.37. The van der Waals surface area contributed by atoms with E-state index in [1.807, 2.05) is 0 Å². The third-order valence-electron chi connectivity index (χ3n) is 7.40. The molecule has 6 atom stereocenters. The number of hydrogen-bond donors (Lipinski definition) is 2. The lowest BCUT2D eigenvalue weighted by molar-refractivity contribution is 0.0145. The Morgan fingerprint density at radius 2 is 1.90 bits per heavy atom. The highest BCUT2D eigenvalue weighted by atomic mass is 16.3. The van der Waals surface area contributed by atoms with E-state index >= 15 is 0 Å². The van der Waals surface area contributed by atoms with Crippen LogP contribution in [0.25, 0.3) is 0 Å². The van der Waals surface area contributed by atoms with E-state index < -0.39 is 0 Å². The van der Waals surface area contributed by atoms with Crippen LogP contribution in [0.3, 0.4) is 0 Å². The van der Waals surface area contributed by atoms with Gasteiger partial charge in [-0.2, -0.15) is 0 Å². The number of allylic oxidation sites excluding steroid dienone is 3. The highest BCUT2D eigenvalue weighted by Crippen LogP contribution is 2.62. The van der Waals surface area contributed by atoms with Crippen LogP contribution in [-0.4, -0.2) is 22.4 Å². The quantitative estimate of drug-likeness (QED) is 0.669. The maximum Gasteiger partial charge on any atom is 0.0599 e. The van der Waals surface area contributed by atoms with Gasteiger partial charge in [-0.05, 0) is 56.8 Å². The smallest absolute Gasteiger partial charge is 0.0599 e. The van der Waals surface area contributed by atoms with E-state index in [0.29, 0.717) is 11.8 Å². The minimum atomic E-state index is -0.136. The van der Waals surface area contributed by atoms with Crippen molar-refractivity contribution >= 4 is 0 Å². The molecule has 0 saturated heterocycles. The van der Waals surface area contributed by atoms with Crippen molar-refractivity contribution < 1.29 is 10.2 Å². The zero-order chi connectivity index (χ0) is 14.8. The molecule has 4 aliphatic carbocycles. The van der Waals surface area contributed by atoms with Crippen LogP contribution in [0.1, 0.15) is 58.8 Å². The molecule has 0 aliphatic heterocycles. The summed E-state index contributed by atoms with van der Waals surface area (Å²) in [6.45, 7) is 4.70. The Morgan fingerprint density at radius 1 is 1.10 bits per heavy atom. The average molecular weight is 288 g/mol. The Hall–Kier alpha value is -0.600. The van der Waals surface area contributed by atoms with Gasteiger partial charge in [0.1, 0.15) is 0 Å². The van der Waals surface area contributed by atoms with Gasteiger partial charge in [0.15, 0.2) is 0 Å². The van der Waals surface area contributed by atoms with Gasteiger partial charge in [0.05, 0.1) is 12.2 Å².